The van der Waals surface area contributed by atoms with Gasteiger partial charge in [0.15, 0.2) is 0 Å². The lowest BCUT2D eigenvalue weighted by molar-refractivity contribution is -0.124. The molecule has 3 atom stereocenters. The molecule has 0 radical (unpaired) electrons. The van der Waals surface area contributed by atoms with E-state index in [1.165, 1.54) is 38.5 Å². The van der Waals surface area contributed by atoms with E-state index in [1.54, 1.807) is 0 Å². The minimum absolute atomic E-state index is 0.319. The average Bonchev–Trinajstić information content (AvgIpc) is 3.13. The number of carbonyl (C=O) groups excluding carboxylic acids is 1. The number of rotatable bonds is 3. The van der Waals surface area contributed by atoms with Crippen molar-refractivity contribution in [3.8, 4) is 0 Å². The molecular formula is C17H30N2O. The molecule has 0 aromatic rings. The number of nitrogens with one attached hydrogen (secondary N) is 2. The molecular weight excluding hydrogens is 248 g/mol. The summed E-state index contributed by atoms with van der Waals surface area (Å²) < 4.78 is 0. The van der Waals surface area contributed by atoms with Crippen LogP contribution >= 0.6 is 0 Å². The van der Waals surface area contributed by atoms with Gasteiger partial charge >= 0.3 is 0 Å². The van der Waals surface area contributed by atoms with Gasteiger partial charge in [0.25, 0.3) is 0 Å². The lowest BCUT2D eigenvalue weighted by Gasteiger charge is -2.35. The van der Waals surface area contributed by atoms with E-state index in [9.17, 15) is 4.79 Å². The van der Waals surface area contributed by atoms with Crippen LogP contribution in [0, 0.1) is 23.2 Å². The third-order valence-electron chi connectivity index (χ3n) is 6.11. The van der Waals surface area contributed by atoms with E-state index in [2.05, 4.69) is 24.5 Å². The van der Waals surface area contributed by atoms with E-state index in [1.807, 2.05) is 0 Å². The smallest absolute Gasteiger partial charge is 0.223 e. The first kappa shape index (κ1) is 14.4. The maximum absolute atomic E-state index is 12.6. The topological polar surface area (TPSA) is 41.1 Å². The zero-order valence-corrected chi connectivity index (χ0v) is 13.1. The Morgan fingerprint density at radius 1 is 1.20 bits per heavy atom. The summed E-state index contributed by atoms with van der Waals surface area (Å²) in [6.45, 7) is 6.81. The van der Waals surface area contributed by atoms with Crippen molar-refractivity contribution in [3.63, 3.8) is 0 Å². The van der Waals surface area contributed by atoms with Gasteiger partial charge in [0, 0.05) is 12.0 Å². The lowest BCUT2D eigenvalue weighted by atomic mass is 9.77. The zero-order valence-electron chi connectivity index (χ0n) is 13.1. The van der Waals surface area contributed by atoms with Gasteiger partial charge in [0.1, 0.15) is 0 Å². The minimum atomic E-state index is 0.319. The molecule has 0 aromatic heterocycles. The Balaban J connectivity index is 1.56. The molecule has 20 heavy (non-hydrogen) atoms. The molecule has 3 fully saturated rings. The maximum Gasteiger partial charge on any atom is 0.223 e. The Morgan fingerprint density at radius 2 is 1.90 bits per heavy atom. The summed E-state index contributed by atoms with van der Waals surface area (Å²) in [7, 11) is 0. The quantitative estimate of drug-likeness (QED) is 0.833. The highest BCUT2D eigenvalue weighted by molar-refractivity contribution is 5.83. The number of amides is 1. The Bertz CT molecular complexity index is 360. The van der Waals surface area contributed by atoms with Crippen LogP contribution in [-0.4, -0.2) is 25.0 Å². The van der Waals surface area contributed by atoms with Crippen molar-refractivity contribution in [2.24, 2.45) is 23.2 Å². The van der Waals surface area contributed by atoms with Crippen LogP contribution in [-0.2, 0) is 4.79 Å². The second-order valence-corrected chi connectivity index (χ2v) is 7.68. The van der Waals surface area contributed by atoms with E-state index in [0.717, 1.165) is 19.5 Å². The maximum atomic E-state index is 12.6. The molecule has 3 unspecified atom stereocenters. The Hall–Kier alpha value is -0.570. The molecule has 3 aliphatic rings. The van der Waals surface area contributed by atoms with Gasteiger partial charge in [-0.25, -0.2) is 0 Å². The van der Waals surface area contributed by atoms with Gasteiger partial charge in [0.2, 0.25) is 5.91 Å². The van der Waals surface area contributed by atoms with Crippen LogP contribution < -0.4 is 10.6 Å². The summed E-state index contributed by atoms with van der Waals surface area (Å²) in [5.41, 5.74) is 0.372. The Labute approximate surface area is 123 Å². The number of hydrogen-bond donors (Lipinski definition) is 2. The molecule has 3 rings (SSSR count). The molecule has 0 bridgehead atoms. The molecule has 114 valence electrons. The van der Waals surface area contributed by atoms with Crippen molar-refractivity contribution in [2.75, 3.05) is 13.1 Å². The fourth-order valence-electron chi connectivity index (χ4n) is 4.62. The molecule has 0 aromatic carbocycles. The largest absolute Gasteiger partial charge is 0.353 e. The van der Waals surface area contributed by atoms with E-state index < -0.39 is 0 Å². The minimum Gasteiger partial charge on any atom is -0.353 e. The summed E-state index contributed by atoms with van der Waals surface area (Å²) in [4.78, 5) is 12.6. The second-order valence-electron chi connectivity index (χ2n) is 7.68. The molecule has 1 amide bonds. The van der Waals surface area contributed by atoms with Crippen LogP contribution in [0.1, 0.15) is 58.8 Å². The van der Waals surface area contributed by atoms with Gasteiger partial charge < -0.3 is 10.6 Å². The number of piperidine rings is 1. The van der Waals surface area contributed by atoms with Crippen molar-refractivity contribution in [3.05, 3.63) is 0 Å². The van der Waals surface area contributed by atoms with Crippen molar-refractivity contribution in [1.82, 2.24) is 10.6 Å². The van der Waals surface area contributed by atoms with Crippen molar-refractivity contribution in [1.29, 1.82) is 0 Å². The van der Waals surface area contributed by atoms with Gasteiger partial charge in [-0.3, -0.25) is 4.79 Å². The van der Waals surface area contributed by atoms with E-state index in [-0.39, 0.29) is 0 Å². The van der Waals surface area contributed by atoms with Crippen LogP contribution in [0.5, 0.6) is 0 Å². The van der Waals surface area contributed by atoms with E-state index >= 15 is 0 Å². The summed E-state index contributed by atoms with van der Waals surface area (Å²) >= 11 is 0. The third kappa shape index (κ3) is 2.74. The fraction of sp³-hybridized carbons (Fsp3) is 0.941. The standard InChI is InChI=1S/C17H30N2O/c1-12(2)13-5-3-4-6-15(13)19-16(20)14-11-17(14)7-9-18-10-8-17/h12-15,18H,3-11H2,1-2H3,(H,19,20). The van der Waals surface area contributed by atoms with Crippen LogP contribution in [0.2, 0.25) is 0 Å². The monoisotopic (exact) mass is 278 g/mol. The van der Waals surface area contributed by atoms with Gasteiger partial charge in [-0.2, -0.15) is 0 Å². The number of hydrogen-bond acceptors (Lipinski definition) is 2. The highest BCUT2D eigenvalue weighted by atomic mass is 16.2. The molecule has 1 saturated heterocycles. The highest BCUT2D eigenvalue weighted by Gasteiger charge is 2.57. The molecule has 2 N–H and O–H groups in total. The Morgan fingerprint density at radius 3 is 2.60 bits per heavy atom. The first-order valence-corrected chi connectivity index (χ1v) is 8.63. The lowest BCUT2D eigenvalue weighted by Crippen LogP contribution is -2.45. The predicted molar refractivity (Wildman–Crippen MR) is 81.4 cm³/mol. The second kappa shape index (κ2) is 5.67. The van der Waals surface area contributed by atoms with Crippen LogP contribution in [0.3, 0.4) is 0 Å². The van der Waals surface area contributed by atoms with Gasteiger partial charge in [-0.05, 0) is 62.4 Å². The molecule has 1 spiro atoms. The molecule has 2 aliphatic carbocycles. The Kier molecular flexibility index (Phi) is 4.07. The summed E-state index contributed by atoms with van der Waals surface area (Å²) in [6.07, 6.45) is 8.65. The first-order chi connectivity index (χ1) is 9.62. The molecule has 2 saturated carbocycles. The van der Waals surface area contributed by atoms with E-state index in [4.69, 9.17) is 0 Å². The summed E-state index contributed by atoms with van der Waals surface area (Å²) in [5.74, 6) is 2.06. The van der Waals surface area contributed by atoms with Gasteiger partial charge in [-0.1, -0.05) is 26.7 Å². The third-order valence-corrected chi connectivity index (χ3v) is 6.11. The van der Waals surface area contributed by atoms with Crippen LogP contribution in [0.4, 0.5) is 0 Å². The summed E-state index contributed by atoms with van der Waals surface area (Å²) in [5, 5.41) is 6.84. The predicted octanol–water partition coefficient (Wildman–Crippen LogP) is 2.71. The average molecular weight is 278 g/mol. The first-order valence-electron chi connectivity index (χ1n) is 8.63. The number of carbonyl (C=O) groups is 1. The summed E-state index contributed by atoms with van der Waals surface area (Å²) in [6, 6.07) is 0.440. The molecule has 3 heteroatoms. The van der Waals surface area contributed by atoms with E-state index in [0.29, 0.717) is 35.1 Å². The van der Waals surface area contributed by atoms with Crippen LogP contribution in [0.15, 0.2) is 0 Å². The zero-order chi connectivity index (χ0) is 14.2. The molecule has 3 nitrogen and oxygen atoms in total. The normalized spacial score (nSPS) is 36.0. The van der Waals surface area contributed by atoms with Crippen molar-refractivity contribution in [2.45, 2.75) is 64.8 Å². The highest BCUT2D eigenvalue weighted by Crippen LogP contribution is 2.58. The SMILES string of the molecule is CC(C)C1CCCCC1NC(=O)C1CC12CCNCC2. The molecule has 1 heterocycles. The van der Waals surface area contributed by atoms with Crippen molar-refractivity contribution < 1.29 is 4.79 Å². The van der Waals surface area contributed by atoms with Crippen LogP contribution in [0.25, 0.3) is 0 Å². The van der Waals surface area contributed by atoms with Gasteiger partial charge in [-0.15, -0.1) is 0 Å². The fourth-order valence-corrected chi connectivity index (χ4v) is 4.62. The van der Waals surface area contributed by atoms with Crippen molar-refractivity contribution >= 4 is 5.91 Å². The van der Waals surface area contributed by atoms with Gasteiger partial charge in [0.05, 0.1) is 0 Å². The molecule has 1 aliphatic heterocycles.